The van der Waals surface area contributed by atoms with Crippen LogP contribution in [0.1, 0.15) is 74.9 Å². The Morgan fingerprint density at radius 1 is 0.322 bits per heavy atom. The van der Waals surface area contributed by atoms with E-state index in [0.29, 0.717) is 0 Å². The zero-order valence-corrected chi connectivity index (χ0v) is 34.6. The van der Waals surface area contributed by atoms with Crippen LogP contribution in [0.3, 0.4) is 0 Å². The molecule has 8 aromatic carbocycles. The Hall–Kier alpha value is -6.64. The Labute approximate surface area is 347 Å². The van der Waals surface area contributed by atoms with Crippen LogP contribution in [0.25, 0.3) is 60.9 Å². The van der Waals surface area contributed by atoms with Gasteiger partial charge in [-0.1, -0.05) is 151 Å². The van der Waals surface area contributed by atoms with E-state index in [-0.39, 0.29) is 16.2 Å². The van der Waals surface area contributed by atoms with Gasteiger partial charge in [0.1, 0.15) is 0 Å². The Kier molecular flexibility index (Phi) is 6.84. The molecule has 284 valence electrons. The van der Waals surface area contributed by atoms with E-state index >= 15 is 0 Å². The summed E-state index contributed by atoms with van der Waals surface area (Å²) in [5, 5.41) is 2.54. The topological polar surface area (TPSA) is 8.17 Å². The lowest BCUT2D eigenvalue weighted by atomic mass is 9.72. The van der Waals surface area contributed by atoms with E-state index in [1.807, 2.05) is 0 Å². The standard InChI is InChI=1S/C57H46N2/c1-55(2)45-18-10-7-15-39(45)41-27-25-37(33-48(41)55)58-51-21-13-9-17-43(51)44-31-35(23-29-52(44)58)36-24-30-54-50(32-36)57(5,6)47-20-12-14-22-53(47)59(54)38-26-28-42-40-16-8-11-19-46(40)56(3,4)49(42)34-38/h7-34H,1-6H3. The number of benzene rings is 8. The summed E-state index contributed by atoms with van der Waals surface area (Å²) in [7, 11) is 0. The molecule has 3 aliphatic rings. The molecule has 2 nitrogen and oxygen atoms in total. The maximum atomic E-state index is 2.51. The summed E-state index contributed by atoms with van der Waals surface area (Å²) in [6.45, 7) is 14.2. The number of aromatic nitrogens is 1. The van der Waals surface area contributed by atoms with Gasteiger partial charge in [0, 0.05) is 38.4 Å². The minimum absolute atomic E-state index is 0.0623. The fourth-order valence-electron chi connectivity index (χ4n) is 11.3. The van der Waals surface area contributed by atoms with Gasteiger partial charge in [-0.15, -0.1) is 0 Å². The molecule has 12 rings (SSSR count). The summed E-state index contributed by atoms with van der Waals surface area (Å²) in [5.74, 6) is 0. The van der Waals surface area contributed by atoms with Gasteiger partial charge in [-0.2, -0.15) is 0 Å². The van der Waals surface area contributed by atoms with Crippen molar-refractivity contribution in [2.24, 2.45) is 0 Å². The first-order chi connectivity index (χ1) is 28.5. The van der Waals surface area contributed by atoms with Gasteiger partial charge in [0.15, 0.2) is 0 Å². The maximum Gasteiger partial charge on any atom is 0.0541 e. The molecule has 2 heteroatoms. The molecule has 0 amide bonds. The zero-order valence-electron chi connectivity index (χ0n) is 34.6. The van der Waals surface area contributed by atoms with Gasteiger partial charge in [0.2, 0.25) is 0 Å². The highest BCUT2D eigenvalue weighted by Gasteiger charge is 2.40. The maximum absolute atomic E-state index is 2.51. The summed E-state index contributed by atoms with van der Waals surface area (Å²) < 4.78 is 2.47. The predicted molar refractivity (Wildman–Crippen MR) is 248 cm³/mol. The highest BCUT2D eigenvalue weighted by Crippen LogP contribution is 2.56. The summed E-state index contributed by atoms with van der Waals surface area (Å²) in [6, 6.07) is 64.2. The van der Waals surface area contributed by atoms with Crippen molar-refractivity contribution in [3.05, 3.63) is 203 Å². The molecule has 0 atom stereocenters. The normalized spacial score (nSPS) is 16.0. The van der Waals surface area contributed by atoms with E-state index in [1.54, 1.807) is 0 Å². The molecule has 1 aromatic heterocycles. The van der Waals surface area contributed by atoms with Gasteiger partial charge >= 0.3 is 0 Å². The number of anilines is 3. The largest absolute Gasteiger partial charge is 0.310 e. The Morgan fingerprint density at radius 2 is 0.814 bits per heavy atom. The molecule has 1 aliphatic heterocycles. The molecule has 0 bridgehead atoms. The van der Waals surface area contributed by atoms with Crippen molar-refractivity contribution in [3.63, 3.8) is 0 Å². The molecule has 0 spiro atoms. The molecule has 59 heavy (non-hydrogen) atoms. The summed E-state index contributed by atoms with van der Waals surface area (Å²) in [4.78, 5) is 2.51. The van der Waals surface area contributed by atoms with Crippen LogP contribution in [0.4, 0.5) is 17.1 Å². The van der Waals surface area contributed by atoms with E-state index in [4.69, 9.17) is 0 Å². The smallest absolute Gasteiger partial charge is 0.0541 e. The number of hydrogen-bond donors (Lipinski definition) is 0. The second-order valence-electron chi connectivity index (χ2n) is 18.6. The van der Waals surface area contributed by atoms with Gasteiger partial charge in [-0.3, -0.25) is 0 Å². The Balaban J connectivity index is 0.994. The fraction of sp³-hybridized carbons (Fsp3) is 0.158. The van der Waals surface area contributed by atoms with Gasteiger partial charge in [0.25, 0.3) is 0 Å². The molecule has 2 heterocycles. The van der Waals surface area contributed by atoms with Crippen LogP contribution in [-0.4, -0.2) is 4.57 Å². The fourth-order valence-corrected chi connectivity index (χ4v) is 11.3. The quantitative estimate of drug-likeness (QED) is 0.174. The minimum atomic E-state index is -0.203. The molecule has 2 aliphatic carbocycles. The van der Waals surface area contributed by atoms with Gasteiger partial charge in [-0.25, -0.2) is 0 Å². The molecule has 0 saturated heterocycles. The molecule has 0 fully saturated rings. The van der Waals surface area contributed by atoms with E-state index in [2.05, 4.69) is 221 Å². The van der Waals surface area contributed by atoms with Crippen LogP contribution in [0, 0.1) is 0 Å². The number of fused-ring (bicyclic) bond motifs is 11. The third-order valence-corrected chi connectivity index (χ3v) is 14.4. The van der Waals surface area contributed by atoms with Crippen molar-refractivity contribution in [3.8, 4) is 39.1 Å². The average Bonchev–Trinajstić information content (AvgIpc) is 3.80. The van der Waals surface area contributed by atoms with Crippen molar-refractivity contribution in [1.29, 1.82) is 0 Å². The van der Waals surface area contributed by atoms with Crippen LogP contribution in [0.15, 0.2) is 170 Å². The molecule has 9 aromatic rings. The van der Waals surface area contributed by atoms with E-state index in [1.165, 1.54) is 111 Å². The van der Waals surface area contributed by atoms with Crippen molar-refractivity contribution >= 4 is 38.9 Å². The van der Waals surface area contributed by atoms with Crippen molar-refractivity contribution in [2.75, 3.05) is 4.90 Å². The Morgan fingerprint density at radius 3 is 1.53 bits per heavy atom. The van der Waals surface area contributed by atoms with E-state index in [0.717, 1.165) is 0 Å². The number of rotatable bonds is 3. The average molecular weight is 759 g/mol. The number of para-hydroxylation sites is 2. The first-order valence-corrected chi connectivity index (χ1v) is 21.1. The predicted octanol–water partition coefficient (Wildman–Crippen LogP) is 15.2. The number of nitrogens with zero attached hydrogens (tertiary/aromatic N) is 2. The molecule has 0 saturated carbocycles. The summed E-state index contributed by atoms with van der Waals surface area (Å²) >= 11 is 0. The van der Waals surface area contributed by atoms with Crippen LogP contribution in [0.5, 0.6) is 0 Å². The molecular formula is C57H46N2. The highest BCUT2D eigenvalue weighted by atomic mass is 15.2. The third kappa shape index (κ3) is 4.58. The van der Waals surface area contributed by atoms with Crippen LogP contribution >= 0.6 is 0 Å². The van der Waals surface area contributed by atoms with E-state index < -0.39 is 0 Å². The molecule has 0 unspecified atom stereocenters. The highest BCUT2D eigenvalue weighted by molar-refractivity contribution is 6.10. The van der Waals surface area contributed by atoms with Crippen molar-refractivity contribution in [1.82, 2.24) is 4.57 Å². The van der Waals surface area contributed by atoms with Gasteiger partial charge < -0.3 is 9.47 Å². The second-order valence-corrected chi connectivity index (χ2v) is 18.6. The van der Waals surface area contributed by atoms with Crippen molar-refractivity contribution < 1.29 is 0 Å². The summed E-state index contributed by atoms with van der Waals surface area (Å²) in [6.07, 6.45) is 0. The Bertz CT molecular complexity index is 3260. The SMILES string of the molecule is CC1(C)c2ccccc2-c2ccc(N3c4ccccc4C(C)(C)c4cc(-c5ccc6c(c5)c5ccccc5n6-c5ccc6c(c5)C(C)(C)c5ccccc5-6)ccc43)cc21. The third-order valence-electron chi connectivity index (χ3n) is 14.4. The molecule has 0 N–H and O–H groups in total. The van der Waals surface area contributed by atoms with Crippen LogP contribution < -0.4 is 4.90 Å². The second kappa shape index (κ2) is 11.7. The molecule has 0 radical (unpaired) electrons. The minimum Gasteiger partial charge on any atom is -0.310 e. The lowest BCUT2D eigenvalue weighted by Crippen LogP contribution is -2.30. The van der Waals surface area contributed by atoms with Gasteiger partial charge in [0.05, 0.1) is 22.4 Å². The number of hydrogen-bond acceptors (Lipinski definition) is 1. The van der Waals surface area contributed by atoms with Gasteiger partial charge in [-0.05, 0) is 127 Å². The van der Waals surface area contributed by atoms with Crippen LogP contribution in [-0.2, 0) is 16.2 Å². The van der Waals surface area contributed by atoms with Crippen LogP contribution in [0.2, 0.25) is 0 Å². The first kappa shape index (κ1) is 34.4. The lowest BCUT2D eigenvalue weighted by Gasteiger charge is -2.42. The monoisotopic (exact) mass is 758 g/mol. The van der Waals surface area contributed by atoms with Crippen molar-refractivity contribution in [2.45, 2.75) is 57.8 Å². The first-order valence-electron chi connectivity index (χ1n) is 21.1. The molecular weight excluding hydrogens is 713 g/mol. The van der Waals surface area contributed by atoms with E-state index in [9.17, 15) is 0 Å². The lowest BCUT2D eigenvalue weighted by molar-refractivity contribution is 0.632. The summed E-state index contributed by atoms with van der Waals surface area (Å²) in [5.41, 5.74) is 23.1. The zero-order chi connectivity index (χ0) is 40.0.